The van der Waals surface area contributed by atoms with E-state index in [2.05, 4.69) is 27.8 Å². The van der Waals surface area contributed by atoms with Crippen LogP contribution in [-0.2, 0) is 21.4 Å². The van der Waals surface area contributed by atoms with Gasteiger partial charge >= 0.3 is 0 Å². The zero-order valence-electron chi connectivity index (χ0n) is 17.3. The molecule has 0 bridgehead atoms. The van der Waals surface area contributed by atoms with Gasteiger partial charge in [0.25, 0.3) is 0 Å². The van der Waals surface area contributed by atoms with Crippen LogP contribution < -0.4 is 10.6 Å². The van der Waals surface area contributed by atoms with Crippen LogP contribution in [0.4, 0.5) is 9.52 Å². The zero-order valence-corrected chi connectivity index (χ0v) is 18.1. The Morgan fingerprint density at radius 3 is 2.45 bits per heavy atom. The van der Waals surface area contributed by atoms with Crippen LogP contribution in [0.25, 0.3) is 11.3 Å². The summed E-state index contributed by atoms with van der Waals surface area (Å²) in [5, 5.41) is 8.24. The summed E-state index contributed by atoms with van der Waals surface area (Å²) in [6, 6.07) is 14.3. The van der Waals surface area contributed by atoms with Gasteiger partial charge in [0, 0.05) is 24.4 Å². The average Bonchev–Trinajstić information content (AvgIpc) is 3.45. The number of anilines is 1. The SMILES string of the molecule is CC(=O)NCCCc1ccc(-c2csc(NC(=O)C3(c4ccc(F)cc4)CC3)n2)cc1. The van der Waals surface area contributed by atoms with Gasteiger partial charge in [-0.15, -0.1) is 11.3 Å². The normalized spacial score (nSPS) is 14.1. The van der Waals surface area contributed by atoms with Crippen molar-refractivity contribution in [2.45, 2.75) is 38.0 Å². The molecule has 2 N–H and O–H groups in total. The minimum atomic E-state index is -0.571. The molecule has 1 heterocycles. The monoisotopic (exact) mass is 437 g/mol. The van der Waals surface area contributed by atoms with E-state index in [-0.39, 0.29) is 17.6 Å². The number of halogens is 1. The van der Waals surface area contributed by atoms with Crippen molar-refractivity contribution in [3.8, 4) is 11.3 Å². The Morgan fingerprint density at radius 2 is 1.81 bits per heavy atom. The number of amides is 2. The molecule has 1 aliphatic rings. The first-order valence-corrected chi connectivity index (χ1v) is 11.2. The summed E-state index contributed by atoms with van der Waals surface area (Å²) in [5.41, 5.74) is 3.28. The third-order valence-electron chi connectivity index (χ3n) is 5.57. The van der Waals surface area contributed by atoms with Crippen LogP contribution in [0.2, 0.25) is 0 Å². The summed E-state index contributed by atoms with van der Waals surface area (Å²) >= 11 is 1.39. The maximum atomic E-state index is 13.2. The van der Waals surface area contributed by atoms with E-state index in [1.54, 1.807) is 12.1 Å². The maximum Gasteiger partial charge on any atom is 0.236 e. The number of thiazole rings is 1. The summed E-state index contributed by atoms with van der Waals surface area (Å²) in [5.74, 6) is -0.398. The minimum absolute atomic E-state index is 0.00736. The molecule has 1 fully saturated rings. The number of hydrogen-bond acceptors (Lipinski definition) is 4. The Morgan fingerprint density at radius 1 is 1.10 bits per heavy atom. The van der Waals surface area contributed by atoms with Gasteiger partial charge in [0.15, 0.2) is 5.13 Å². The number of hydrogen-bond donors (Lipinski definition) is 2. The lowest BCUT2D eigenvalue weighted by molar-refractivity contribution is -0.119. The summed E-state index contributed by atoms with van der Waals surface area (Å²) in [6.45, 7) is 2.19. The molecule has 1 saturated carbocycles. The summed E-state index contributed by atoms with van der Waals surface area (Å²) in [4.78, 5) is 28.4. The van der Waals surface area contributed by atoms with Crippen LogP contribution in [-0.4, -0.2) is 23.3 Å². The van der Waals surface area contributed by atoms with Crippen molar-refractivity contribution in [1.29, 1.82) is 0 Å². The molecule has 5 nitrogen and oxygen atoms in total. The van der Waals surface area contributed by atoms with Gasteiger partial charge in [-0.25, -0.2) is 9.37 Å². The predicted molar refractivity (Wildman–Crippen MR) is 120 cm³/mol. The van der Waals surface area contributed by atoms with E-state index in [1.165, 1.54) is 36.0 Å². The number of aromatic nitrogens is 1. The van der Waals surface area contributed by atoms with Crippen molar-refractivity contribution >= 4 is 28.3 Å². The smallest absolute Gasteiger partial charge is 0.236 e. The quantitative estimate of drug-likeness (QED) is 0.503. The molecule has 0 radical (unpaired) electrons. The Kier molecular flexibility index (Phi) is 6.13. The zero-order chi connectivity index (χ0) is 21.8. The third-order valence-corrected chi connectivity index (χ3v) is 6.33. The number of carbonyl (C=O) groups excluding carboxylic acids is 2. The predicted octanol–water partition coefficient (Wildman–Crippen LogP) is 4.69. The van der Waals surface area contributed by atoms with Gasteiger partial charge < -0.3 is 10.6 Å². The van der Waals surface area contributed by atoms with E-state index < -0.39 is 5.41 Å². The van der Waals surface area contributed by atoms with Gasteiger partial charge in [0.05, 0.1) is 11.1 Å². The second-order valence-corrected chi connectivity index (χ2v) is 8.72. The van der Waals surface area contributed by atoms with E-state index in [4.69, 9.17) is 0 Å². The summed E-state index contributed by atoms with van der Waals surface area (Å²) in [6.07, 6.45) is 3.30. The Hall–Kier alpha value is -3.06. The lowest BCUT2D eigenvalue weighted by atomic mass is 9.95. The molecule has 2 amide bonds. The van der Waals surface area contributed by atoms with Gasteiger partial charge in [-0.3, -0.25) is 9.59 Å². The molecule has 0 spiro atoms. The second kappa shape index (κ2) is 8.98. The summed E-state index contributed by atoms with van der Waals surface area (Å²) in [7, 11) is 0. The van der Waals surface area contributed by atoms with Crippen molar-refractivity contribution in [3.63, 3.8) is 0 Å². The Labute approximate surface area is 184 Å². The lowest BCUT2D eigenvalue weighted by Crippen LogP contribution is -2.27. The van der Waals surface area contributed by atoms with Crippen LogP contribution in [0.3, 0.4) is 0 Å². The van der Waals surface area contributed by atoms with Gasteiger partial charge in [-0.05, 0) is 48.9 Å². The number of aryl methyl sites for hydroxylation is 1. The lowest BCUT2D eigenvalue weighted by Gasteiger charge is -2.14. The maximum absolute atomic E-state index is 13.2. The number of nitrogens with zero attached hydrogens (tertiary/aromatic N) is 1. The van der Waals surface area contributed by atoms with Crippen LogP contribution >= 0.6 is 11.3 Å². The molecule has 4 rings (SSSR count). The molecule has 7 heteroatoms. The third kappa shape index (κ3) is 4.99. The van der Waals surface area contributed by atoms with Crippen LogP contribution in [0.15, 0.2) is 53.9 Å². The first kappa shape index (κ1) is 21.2. The number of nitrogens with one attached hydrogen (secondary N) is 2. The van der Waals surface area contributed by atoms with E-state index in [0.717, 1.165) is 42.5 Å². The first-order chi connectivity index (χ1) is 15.0. The Balaban J connectivity index is 1.36. The van der Waals surface area contributed by atoms with Crippen molar-refractivity contribution in [2.24, 2.45) is 0 Å². The highest BCUT2D eigenvalue weighted by Gasteiger charge is 2.51. The molecule has 1 aromatic heterocycles. The fourth-order valence-electron chi connectivity index (χ4n) is 3.62. The largest absolute Gasteiger partial charge is 0.356 e. The molecule has 0 unspecified atom stereocenters. The minimum Gasteiger partial charge on any atom is -0.356 e. The Bertz CT molecular complexity index is 1070. The van der Waals surface area contributed by atoms with E-state index in [0.29, 0.717) is 11.7 Å². The number of benzene rings is 2. The van der Waals surface area contributed by atoms with E-state index >= 15 is 0 Å². The fourth-order valence-corrected chi connectivity index (χ4v) is 4.34. The topological polar surface area (TPSA) is 71.1 Å². The molecule has 2 aromatic carbocycles. The molecule has 0 atom stereocenters. The van der Waals surface area contributed by atoms with Gasteiger partial charge in [0.1, 0.15) is 5.82 Å². The summed E-state index contributed by atoms with van der Waals surface area (Å²) < 4.78 is 13.2. The standard InChI is InChI=1S/C24H24FN3O2S/c1-16(29)26-14-2-3-17-4-6-18(7-5-17)21-15-31-23(27-21)28-22(30)24(12-13-24)19-8-10-20(25)11-9-19/h4-11,15H,2-3,12-14H2,1H3,(H,26,29)(H,27,28,30). The molecule has 1 aliphatic carbocycles. The number of carbonyl (C=O) groups is 2. The molecule has 0 saturated heterocycles. The van der Waals surface area contributed by atoms with Gasteiger partial charge in [0.2, 0.25) is 11.8 Å². The van der Waals surface area contributed by atoms with E-state index in [9.17, 15) is 14.0 Å². The molecule has 160 valence electrons. The van der Waals surface area contributed by atoms with Crippen LogP contribution in [0, 0.1) is 5.82 Å². The average molecular weight is 438 g/mol. The fraction of sp³-hybridized carbons (Fsp3) is 0.292. The molecule has 3 aromatic rings. The highest BCUT2D eigenvalue weighted by molar-refractivity contribution is 7.14. The van der Waals surface area contributed by atoms with Crippen molar-refractivity contribution in [2.75, 3.05) is 11.9 Å². The van der Waals surface area contributed by atoms with Crippen molar-refractivity contribution in [1.82, 2.24) is 10.3 Å². The molecular weight excluding hydrogens is 413 g/mol. The van der Waals surface area contributed by atoms with Crippen molar-refractivity contribution in [3.05, 3.63) is 70.9 Å². The van der Waals surface area contributed by atoms with Gasteiger partial charge in [-0.2, -0.15) is 0 Å². The van der Waals surface area contributed by atoms with Gasteiger partial charge in [-0.1, -0.05) is 36.4 Å². The van der Waals surface area contributed by atoms with Crippen LogP contribution in [0.1, 0.15) is 37.3 Å². The molecule has 0 aliphatic heterocycles. The first-order valence-electron chi connectivity index (χ1n) is 10.3. The highest BCUT2D eigenvalue weighted by Crippen LogP contribution is 2.49. The van der Waals surface area contributed by atoms with Crippen LogP contribution in [0.5, 0.6) is 0 Å². The van der Waals surface area contributed by atoms with E-state index in [1.807, 2.05) is 17.5 Å². The van der Waals surface area contributed by atoms with Crippen molar-refractivity contribution < 1.29 is 14.0 Å². The highest BCUT2D eigenvalue weighted by atomic mass is 32.1. The second-order valence-electron chi connectivity index (χ2n) is 7.86. The molecular formula is C24H24FN3O2S. The molecule has 31 heavy (non-hydrogen) atoms. The number of rotatable bonds is 8.